The molecule has 21 heavy (non-hydrogen) atoms. The summed E-state index contributed by atoms with van der Waals surface area (Å²) in [5.41, 5.74) is 1.79. The Labute approximate surface area is 134 Å². The summed E-state index contributed by atoms with van der Waals surface area (Å²) in [6.07, 6.45) is 1.98. The van der Waals surface area contributed by atoms with Gasteiger partial charge in [0.15, 0.2) is 0 Å². The molecule has 0 spiro atoms. The van der Waals surface area contributed by atoms with Crippen LogP contribution in [0.4, 0.5) is 5.69 Å². The minimum Gasteiger partial charge on any atom is -0.368 e. The molecule has 1 saturated heterocycles. The molecule has 1 aliphatic heterocycles. The Kier molecular flexibility index (Phi) is 5.61. The van der Waals surface area contributed by atoms with Gasteiger partial charge in [0, 0.05) is 30.7 Å². The van der Waals surface area contributed by atoms with Gasteiger partial charge in [0.05, 0.1) is 29.4 Å². The fourth-order valence-corrected chi connectivity index (χ4v) is 3.34. The molecular weight excluding hydrogens is 328 g/mol. The van der Waals surface area contributed by atoms with Crippen LogP contribution in [0.2, 0.25) is 0 Å². The van der Waals surface area contributed by atoms with Crippen LogP contribution in [0.3, 0.4) is 0 Å². The molecule has 0 radical (unpaired) electrons. The van der Waals surface area contributed by atoms with Crippen molar-refractivity contribution in [2.24, 2.45) is 0 Å². The standard InChI is InChI=1S/C16H19BrN4/c1-2-3-14(12-19)20-6-8-21(9-7-20)16-5-4-13(11-18)10-15(16)17/h4-5,10,14H,2-3,6-9H2,1H3. The lowest BCUT2D eigenvalue weighted by Gasteiger charge is -2.38. The van der Waals surface area contributed by atoms with E-state index >= 15 is 0 Å². The van der Waals surface area contributed by atoms with Gasteiger partial charge in [0.1, 0.15) is 0 Å². The Balaban J connectivity index is 2.01. The zero-order valence-electron chi connectivity index (χ0n) is 12.2. The number of nitrogens with zero attached hydrogens (tertiary/aromatic N) is 4. The number of hydrogen-bond acceptors (Lipinski definition) is 4. The fraction of sp³-hybridized carbons (Fsp3) is 0.500. The van der Waals surface area contributed by atoms with Crippen molar-refractivity contribution >= 4 is 21.6 Å². The van der Waals surface area contributed by atoms with Crippen LogP contribution < -0.4 is 4.90 Å². The van der Waals surface area contributed by atoms with Gasteiger partial charge in [0.2, 0.25) is 0 Å². The molecule has 1 atom stereocenters. The fourth-order valence-electron chi connectivity index (χ4n) is 2.71. The summed E-state index contributed by atoms with van der Waals surface area (Å²) in [6.45, 7) is 5.75. The van der Waals surface area contributed by atoms with Gasteiger partial charge in [-0.2, -0.15) is 10.5 Å². The largest absolute Gasteiger partial charge is 0.368 e. The van der Waals surface area contributed by atoms with E-state index in [1.54, 1.807) is 0 Å². The Hall–Kier alpha value is -1.56. The van der Waals surface area contributed by atoms with Crippen molar-refractivity contribution in [2.45, 2.75) is 25.8 Å². The van der Waals surface area contributed by atoms with Gasteiger partial charge in [-0.05, 0) is 40.5 Å². The molecule has 4 nitrogen and oxygen atoms in total. The third kappa shape index (κ3) is 3.75. The van der Waals surface area contributed by atoms with E-state index in [0.717, 1.165) is 49.2 Å². The van der Waals surface area contributed by atoms with Crippen molar-refractivity contribution in [1.82, 2.24) is 4.90 Å². The molecular formula is C16H19BrN4. The number of anilines is 1. The van der Waals surface area contributed by atoms with E-state index < -0.39 is 0 Å². The van der Waals surface area contributed by atoms with Crippen molar-refractivity contribution in [1.29, 1.82) is 10.5 Å². The van der Waals surface area contributed by atoms with Crippen LogP contribution in [0.15, 0.2) is 22.7 Å². The van der Waals surface area contributed by atoms with Crippen molar-refractivity contribution in [3.8, 4) is 12.1 Å². The van der Waals surface area contributed by atoms with E-state index in [-0.39, 0.29) is 6.04 Å². The Bertz CT molecular complexity index is 565. The summed E-state index contributed by atoms with van der Waals surface area (Å²) < 4.78 is 0.959. The molecule has 0 aliphatic carbocycles. The molecule has 0 amide bonds. The van der Waals surface area contributed by atoms with Gasteiger partial charge < -0.3 is 4.90 Å². The molecule has 1 aromatic rings. The number of benzene rings is 1. The Morgan fingerprint density at radius 2 is 1.95 bits per heavy atom. The highest BCUT2D eigenvalue weighted by molar-refractivity contribution is 9.10. The summed E-state index contributed by atoms with van der Waals surface area (Å²) in [5, 5.41) is 18.2. The highest BCUT2D eigenvalue weighted by atomic mass is 79.9. The van der Waals surface area contributed by atoms with Crippen LogP contribution in [0.25, 0.3) is 0 Å². The van der Waals surface area contributed by atoms with Gasteiger partial charge in [-0.3, -0.25) is 4.90 Å². The zero-order chi connectivity index (χ0) is 15.2. The minimum atomic E-state index is 0.0431. The number of halogens is 1. The highest BCUT2D eigenvalue weighted by Crippen LogP contribution is 2.28. The van der Waals surface area contributed by atoms with Crippen LogP contribution in [0, 0.1) is 22.7 Å². The molecule has 110 valence electrons. The summed E-state index contributed by atoms with van der Waals surface area (Å²) >= 11 is 3.55. The monoisotopic (exact) mass is 346 g/mol. The van der Waals surface area contributed by atoms with Crippen LogP contribution >= 0.6 is 15.9 Å². The second kappa shape index (κ2) is 7.45. The molecule has 1 fully saturated rings. The van der Waals surface area contributed by atoms with Crippen molar-refractivity contribution in [2.75, 3.05) is 31.1 Å². The second-order valence-electron chi connectivity index (χ2n) is 5.23. The van der Waals surface area contributed by atoms with Gasteiger partial charge in [-0.1, -0.05) is 13.3 Å². The topological polar surface area (TPSA) is 54.1 Å². The maximum Gasteiger partial charge on any atom is 0.0992 e. The smallest absolute Gasteiger partial charge is 0.0992 e. The lowest BCUT2D eigenvalue weighted by Crippen LogP contribution is -2.50. The van der Waals surface area contributed by atoms with E-state index in [9.17, 15) is 5.26 Å². The lowest BCUT2D eigenvalue weighted by atomic mass is 10.1. The molecule has 1 aromatic carbocycles. The Morgan fingerprint density at radius 3 is 2.48 bits per heavy atom. The summed E-state index contributed by atoms with van der Waals surface area (Å²) in [7, 11) is 0. The SMILES string of the molecule is CCCC(C#N)N1CCN(c2ccc(C#N)cc2Br)CC1. The third-order valence-electron chi connectivity index (χ3n) is 3.88. The van der Waals surface area contributed by atoms with Crippen molar-refractivity contribution in [3.05, 3.63) is 28.2 Å². The summed E-state index contributed by atoms with van der Waals surface area (Å²) in [5.74, 6) is 0. The predicted molar refractivity (Wildman–Crippen MR) is 87.0 cm³/mol. The first-order valence-electron chi connectivity index (χ1n) is 7.27. The van der Waals surface area contributed by atoms with Crippen LogP contribution in [-0.2, 0) is 0 Å². The number of piperazine rings is 1. The average Bonchev–Trinajstić information content (AvgIpc) is 2.53. The molecule has 1 aliphatic rings. The molecule has 0 aromatic heterocycles. The van der Waals surface area contributed by atoms with Gasteiger partial charge in [-0.25, -0.2) is 0 Å². The van der Waals surface area contributed by atoms with E-state index in [1.807, 2.05) is 18.2 Å². The summed E-state index contributed by atoms with van der Waals surface area (Å²) in [4.78, 5) is 4.58. The van der Waals surface area contributed by atoms with E-state index in [0.29, 0.717) is 5.56 Å². The third-order valence-corrected chi connectivity index (χ3v) is 4.52. The van der Waals surface area contributed by atoms with Crippen LogP contribution in [0.5, 0.6) is 0 Å². The van der Waals surface area contributed by atoms with Crippen molar-refractivity contribution < 1.29 is 0 Å². The molecule has 1 unspecified atom stereocenters. The molecule has 0 N–H and O–H groups in total. The summed E-state index contributed by atoms with van der Waals surface area (Å²) in [6, 6.07) is 10.3. The molecule has 2 rings (SSSR count). The second-order valence-corrected chi connectivity index (χ2v) is 6.09. The first kappa shape index (κ1) is 15.8. The van der Waals surface area contributed by atoms with Gasteiger partial charge in [0.25, 0.3) is 0 Å². The average molecular weight is 347 g/mol. The van der Waals surface area contributed by atoms with E-state index in [1.165, 1.54) is 0 Å². The minimum absolute atomic E-state index is 0.0431. The maximum atomic E-state index is 9.25. The van der Waals surface area contributed by atoms with Gasteiger partial charge >= 0.3 is 0 Å². The maximum absolute atomic E-state index is 9.25. The van der Waals surface area contributed by atoms with Crippen LogP contribution in [-0.4, -0.2) is 37.1 Å². The van der Waals surface area contributed by atoms with E-state index in [4.69, 9.17) is 5.26 Å². The lowest BCUT2D eigenvalue weighted by molar-refractivity contribution is 0.211. The number of rotatable bonds is 4. The van der Waals surface area contributed by atoms with Crippen LogP contribution in [0.1, 0.15) is 25.3 Å². The van der Waals surface area contributed by atoms with Crippen molar-refractivity contribution in [3.63, 3.8) is 0 Å². The first-order valence-corrected chi connectivity index (χ1v) is 8.07. The molecule has 0 bridgehead atoms. The van der Waals surface area contributed by atoms with E-state index in [2.05, 4.69) is 44.8 Å². The van der Waals surface area contributed by atoms with Gasteiger partial charge in [-0.15, -0.1) is 0 Å². The molecule has 1 heterocycles. The number of nitriles is 2. The molecule has 5 heteroatoms. The zero-order valence-corrected chi connectivity index (χ0v) is 13.8. The quantitative estimate of drug-likeness (QED) is 0.840. The normalized spacial score (nSPS) is 17.0. The first-order chi connectivity index (χ1) is 10.2. The Morgan fingerprint density at radius 1 is 1.24 bits per heavy atom. The highest BCUT2D eigenvalue weighted by Gasteiger charge is 2.24. The molecule has 0 saturated carbocycles. The number of hydrogen-bond donors (Lipinski definition) is 0. The predicted octanol–water partition coefficient (Wildman–Crippen LogP) is 3.14.